The molecule has 0 aromatic heterocycles. The minimum atomic E-state index is 0.723. The van der Waals surface area contributed by atoms with Crippen LogP contribution in [0.5, 0.6) is 5.75 Å². The fraction of sp³-hybridized carbons (Fsp3) is 0.133. The number of nitrogens with two attached hydrogens (primary N) is 1. The van der Waals surface area contributed by atoms with E-state index in [1.165, 1.54) is 0 Å². The molecule has 0 bridgehead atoms. The minimum absolute atomic E-state index is 0.723. The van der Waals surface area contributed by atoms with Crippen molar-refractivity contribution in [3.05, 3.63) is 60.1 Å². The number of rotatable bonds is 3. The van der Waals surface area contributed by atoms with Gasteiger partial charge in [0, 0.05) is 24.2 Å². The van der Waals surface area contributed by atoms with Crippen molar-refractivity contribution in [1.29, 1.82) is 0 Å². The van der Waals surface area contributed by atoms with Gasteiger partial charge in [0.25, 0.3) is 0 Å². The fourth-order valence-electron chi connectivity index (χ4n) is 1.73. The summed E-state index contributed by atoms with van der Waals surface area (Å²) in [5.41, 5.74) is 8.19. The summed E-state index contributed by atoms with van der Waals surface area (Å²) in [6, 6.07) is 5.56. The van der Waals surface area contributed by atoms with Crippen molar-refractivity contribution < 1.29 is 4.74 Å². The molecule has 2 rings (SSSR count). The number of allylic oxidation sites excluding steroid dienone is 2. The first kappa shape index (κ1) is 13.0. The van der Waals surface area contributed by atoms with Gasteiger partial charge in [0.05, 0.1) is 5.70 Å². The zero-order chi connectivity index (χ0) is 13.8. The van der Waals surface area contributed by atoms with Crippen LogP contribution in [0.15, 0.2) is 59.7 Å². The van der Waals surface area contributed by atoms with Crippen LogP contribution in [0, 0.1) is 6.92 Å². The van der Waals surface area contributed by atoms with Crippen LogP contribution in [0.25, 0.3) is 0 Å². The molecule has 1 heterocycles. The topological polar surface area (TPSA) is 50.9 Å². The van der Waals surface area contributed by atoms with E-state index in [2.05, 4.69) is 11.7 Å². The number of nitrogens with zero attached hydrogens (tertiary/aromatic N) is 2. The van der Waals surface area contributed by atoms with Crippen LogP contribution in [0.1, 0.15) is 12.5 Å². The number of hydrogen-bond donors (Lipinski definition) is 1. The lowest BCUT2D eigenvalue weighted by Gasteiger charge is -2.20. The van der Waals surface area contributed by atoms with E-state index in [0.29, 0.717) is 0 Å². The number of nitrogen functional groups attached to an aromatic ring is 1. The Hall–Kier alpha value is -2.49. The molecule has 1 aliphatic rings. The van der Waals surface area contributed by atoms with Crippen LogP contribution in [-0.4, -0.2) is 11.2 Å². The van der Waals surface area contributed by atoms with Gasteiger partial charge in [0.1, 0.15) is 11.5 Å². The largest absolute Gasteiger partial charge is 0.457 e. The standard InChI is InChI=1S/C15H17N3O/c1-4-17-18-8-7-14(10-12(18)3)19-15-6-5-13(16)9-11(15)2/h4-10H,3,16H2,1-2H3/b17-4-. The average Bonchev–Trinajstić information content (AvgIpc) is 2.36. The zero-order valence-electron chi connectivity index (χ0n) is 11.1. The van der Waals surface area contributed by atoms with E-state index in [9.17, 15) is 0 Å². The summed E-state index contributed by atoms with van der Waals surface area (Å²) in [5.74, 6) is 1.51. The molecule has 0 amide bonds. The first-order valence-corrected chi connectivity index (χ1v) is 6.01. The molecule has 0 fully saturated rings. The van der Waals surface area contributed by atoms with Crippen LogP contribution >= 0.6 is 0 Å². The Balaban J connectivity index is 2.15. The average molecular weight is 255 g/mol. The van der Waals surface area contributed by atoms with Gasteiger partial charge >= 0.3 is 0 Å². The Morgan fingerprint density at radius 2 is 2.21 bits per heavy atom. The van der Waals surface area contributed by atoms with Crippen LogP contribution in [0.3, 0.4) is 0 Å². The number of hydrogen-bond acceptors (Lipinski definition) is 4. The molecule has 0 aliphatic carbocycles. The van der Waals surface area contributed by atoms with E-state index in [1.807, 2.05) is 50.4 Å². The molecule has 1 aromatic carbocycles. The van der Waals surface area contributed by atoms with Gasteiger partial charge in [-0.25, -0.2) is 5.01 Å². The van der Waals surface area contributed by atoms with Gasteiger partial charge in [0.15, 0.2) is 0 Å². The molecule has 0 spiro atoms. The Labute approximate surface area is 113 Å². The van der Waals surface area contributed by atoms with Crippen molar-refractivity contribution in [1.82, 2.24) is 5.01 Å². The van der Waals surface area contributed by atoms with E-state index in [1.54, 1.807) is 11.2 Å². The predicted octanol–water partition coefficient (Wildman–Crippen LogP) is 3.19. The summed E-state index contributed by atoms with van der Waals surface area (Å²) in [6.45, 7) is 7.74. The van der Waals surface area contributed by atoms with Gasteiger partial charge in [-0.1, -0.05) is 6.58 Å². The van der Waals surface area contributed by atoms with Crippen molar-refractivity contribution in [2.75, 3.05) is 5.73 Å². The van der Waals surface area contributed by atoms with Crippen LogP contribution < -0.4 is 10.5 Å². The highest BCUT2D eigenvalue weighted by Gasteiger charge is 2.09. The molecule has 0 saturated heterocycles. The molecule has 2 N–H and O–H groups in total. The zero-order valence-corrected chi connectivity index (χ0v) is 11.1. The molecule has 1 aliphatic heterocycles. The van der Waals surface area contributed by atoms with Gasteiger partial charge in [-0.2, -0.15) is 5.10 Å². The highest BCUT2D eigenvalue weighted by molar-refractivity contribution is 5.53. The molecule has 4 nitrogen and oxygen atoms in total. The lowest BCUT2D eigenvalue weighted by atomic mass is 10.2. The maximum atomic E-state index is 5.82. The third kappa shape index (κ3) is 3.04. The Bertz CT molecular complexity index is 585. The summed E-state index contributed by atoms with van der Waals surface area (Å²) in [5, 5.41) is 5.82. The van der Waals surface area contributed by atoms with Crippen molar-refractivity contribution in [3.63, 3.8) is 0 Å². The molecule has 4 heteroatoms. The Morgan fingerprint density at radius 3 is 2.84 bits per heavy atom. The second-order valence-electron chi connectivity index (χ2n) is 4.20. The SMILES string of the molecule is C=C1C=C(Oc2ccc(N)cc2C)C=CN1/N=C\C. The highest BCUT2D eigenvalue weighted by Crippen LogP contribution is 2.25. The molecule has 0 radical (unpaired) electrons. The molecular formula is C15H17N3O. The monoisotopic (exact) mass is 255 g/mol. The number of ether oxygens (including phenoxy) is 1. The third-order valence-corrected chi connectivity index (χ3v) is 2.65. The first-order chi connectivity index (χ1) is 9.10. The quantitative estimate of drug-likeness (QED) is 0.666. The molecule has 1 aromatic rings. The number of aryl methyl sites for hydroxylation is 1. The maximum Gasteiger partial charge on any atom is 0.131 e. The van der Waals surface area contributed by atoms with Crippen LogP contribution in [0.2, 0.25) is 0 Å². The van der Waals surface area contributed by atoms with Crippen LogP contribution in [-0.2, 0) is 0 Å². The Kier molecular flexibility index (Phi) is 3.71. The van der Waals surface area contributed by atoms with E-state index in [4.69, 9.17) is 10.5 Å². The normalized spacial score (nSPS) is 14.9. The molecule has 0 unspecified atom stereocenters. The van der Waals surface area contributed by atoms with Gasteiger partial charge in [-0.15, -0.1) is 0 Å². The van der Waals surface area contributed by atoms with Gasteiger partial charge in [-0.05, 0) is 43.7 Å². The molecule has 19 heavy (non-hydrogen) atoms. The molecular weight excluding hydrogens is 238 g/mol. The second-order valence-corrected chi connectivity index (χ2v) is 4.20. The summed E-state index contributed by atoms with van der Waals surface area (Å²) in [7, 11) is 0. The van der Waals surface area contributed by atoms with Crippen molar-refractivity contribution in [3.8, 4) is 5.75 Å². The van der Waals surface area contributed by atoms with E-state index < -0.39 is 0 Å². The molecule has 0 saturated carbocycles. The highest BCUT2D eigenvalue weighted by atomic mass is 16.5. The van der Waals surface area contributed by atoms with Crippen molar-refractivity contribution in [2.24, 2.45) is 5.10 Å². The summed E-state index contributed by atoms with van der Waals surface area (Å²) in [6.07, 6.45) is 7.20. The summed E-state index contributed by atoms with van der Waals surface area (Å²) in [4.78, 5) is 0. The lowest BCUT2D eigenvalue weighted by molar-refractivity contribution is 0.421. The first-order valence-electron chi connectivity index (χ1n) is 6.01. The van der Waals surface area contributed by atoms with E-state index in [-0.39, 0.29) is 0 Å². The number of hydrazone groups is 1. The predicted molar refractivity (Wildman–Crippen MR) is 78.6 cm³/mol. The Morgan fingerprint density at radius 1 is 1.42 bits per heavy atom. The van der Waals surface area contributed by atoms with Gasteiger partial charge in [-0.3, -0.25) is 0 Å². The van der Waals surface area contributed by atoms with E-state index in [0.717, 1.165) is 28.5 Å². The summed E-state index contributed by atoms with van der Waals surface area (Å²) >= 11 is 0. The number of anilines is 1. The van der Waals surface area contributed by atoms with E-state index >= 15 is 0 Å². The fourth-order valence-corrected chi connectivity index (χ4v) is 1.73. The van der Waals surface area contributed by atoms with Crippen molar-refractivity contribution >= 4 is 11.9 Å². The summed E-state index contributed by atoms with van der Waals surface area (Å²) < 4.78 is 5.82. The lowest BCUT2D eigenvalue weighted by Crippen LogP contribution is -2.12. The van der Waals surface area contributed by atoms with Gasteiger partial charge in [0.2, 0.25) is 0 Å². The third-order valence-electron chi connectivity index (χ3n) is 2.65. The second kappa shape index (κ2) is 5.44. The maximum absolute atomic E-state index is 5.82. The number of benzene rings is 1. The minimum Gasteiger partial charge on any atom is -0.457 e. The van der Waals surface area contributed by atoms with Gasteiger partial charge < -0.3 is 10.5 Å². The smallest absolute Gasteiger partial charge is 0.131 e. The van der Waals surface area contributed by atoms with Crippen LogP contribution in [0.4, 0.5) is 5.69 Å². The van der Waals surface area contributed by atoms with Crippen molar-refractivity contribution in [2.45, 2.75) is 13.8 Å². The molecule has 98 valence electrons. The molecule has 0 atom stereocenters.